The largest absolute Gasteiger partial charge is 0.419 e. The van der Waals surface area contributed by atoms with Crippen LogP contribution in [0.15, 0.2) is 94.9 Å². The summed E-state index contributed by atoms with van der Waals surface area (Å²) in [5.74, 6) is -2.82. The van der Waals surface area contributed by atoms with Gasteiger partial charge in [-0.25, -0.2) is 8.78 Å². The third-order valence-corrected chi connectivity index (χ3v) is 8.33. The Morgan fingerprint density at radius 3 is 1.10 bits per heavy atom. The average Bonchev–Trinajstić information content (AvgIpc) is 3.50. The molecule has 0 fully saturated rings. The zero-order valence-electron chi connectivity index (χ0n) is 23.9. The van der Waals surface area contributed by atoms with Crippen LogP contribution in [0, 0.1) is 34.5 Å². The van der Waals surface area contributed by atoms with Gasteiger partial charge in [-0.3, -0.25) is 0 Å². The van der Waals surface area contributed by atoms with Gasteiger partial charge >= 0.3 is 12.4 Å². The maximum Gasteiger partial charge on any atom is 0.419 e. The van der Waals surface area contributed by atoms with E-state index in [-0.39, 0.29) is 21.8 Å². The van der Waals surface area contributed by atoms with Crippen LogP contribution in [0.2, 0.25) is 0 Å². The molecule has 0 saturated heterocycles. The van der Waals surface area contributed by atoms with Gasteiger partial charge in [0.25, 0.3) is 0 Å². The predicted molar refractivity (Wildman–Crippen MR) is 162 cm³/mol. The van der Waals surface area contributed by atoms with Gasteiger partial charge in [0.05, 0.1) is 21.8 Å². The Balaban J connectivity index is 1.48. The van der Waals surface area contributed by atoms with Gasteiger partial charge in [-0.15, -0.1) is 0 Å². The first kappa shape index (κ1) is 30.5. The first-order valence-corrected chi connectivity index (χ1v) is 14.0. The second-order valence-electron chi connectivity index (χ2n) is 11.0. The third kappa shape index (κ3) is 4.81. The Labute approximate surface area is 264 Å². The molecule has 0 atom stereocenters. The molecule has 0 bridgehead atoms. The van der Waals surface area contributed by atoms with Crippen molar-refractivity contribution in [2.24, 2.45) is 9.98 Å². The second-order valence-corrected chi connectivity index (χ2v) is 11.0. The smallest absolute Gasteiger partial charge is 0.206 e. The predicted octanol–water partition coefficient (Wildman–Crippen LogP) is 9.59. The van der Waals surface area contributed by atoms with Crippen LogP contribution < -0.4 is 10.7 Å². The second kappa shape index (κ2) is 10.7. The van der Waals surface area contributed by atoms with E-state index in [0.717, 1.165) is 12.1 Å². The van der Waals surface area contributed by atoms with E-state index in [4.69, 9.17) is 0 Å². The molecule has 12 heteroatoms. The molecule has 234 valence electrons. The Bertz CT molecular complexity index is 2510. The number of benzene rings is 5. The van der Waals surface area contributed by atoms with Crippen LogP contribution in [0.1, 0.15) is 11.1 Å². The fourth-order valence-electron chi connectivity index (χ4n) is 6.22. The standard InChI is InChI=1S/C36H14F8N4/c37-31-7-3-19(11-29(31)35(39,40)41)17-1-5-21-23-13-28-24(14-27(23)33(47-15-45)25(21)9-17)22-6-2-18(10-26(22)34(28)48-16-46)20-4-8-32(38)30(12-20)36(42,43)44/h1-14H/b47-33+,48-34+. The average molecular weight is 655 g/mol. The van der Waals surface area contributed by atoms with E-state index in [0.29, 0.717) is 66.3 Å². The monoisotopic (exact) mass is 654 g/mol. The lowest BCUT2D eigenvalue weighted by Crippen LogP contribution is -2.08. The first-order valence-electron chi connectivity index (χ1n) is 14.0. The lowest BCUT2D eigenvalue weighted by Gasteiger charge is -2.10. The number of halogens is 8. The molecule has 0 saturated carbocycles. The summed E-state index contributed by atoms with van der Waals surface area (Å²) in [5, 5.41) is 23.8. The Kier molecular flexibility index (Phi) is 6.81. The summed E-state index contributed by atoms with van der Waals surface area (Å²) in [6.45, 7) is 0. The van der Waals surface area contributed by atoms with Crippen LogP contribution >= 0.6 is 0 Å². The van der Waals surface area contributed by atoms with E-state index in [1.807, 2.05) is 0 Å². The summed E-state index contributed by atoms with van der Waals surface area (Å²) in [5.41, 5.74) is -2.00. The molecule has 0 radical (unpaired) electrons. The van der Waals surface area contributed by atoms with E-state index in [1.54, 1.807) is 60.9 Å². The molecule has 0 aliphatic rings. The van der Waals surface area contributed by atoms with Gasteiger partial charge in [-0.2, -0.15) is 46.9 Å². The van der Waals surface area contributed by atoms with E-state index >= 15 is 0 Å². The number of nitriles is 2. The Hall–Kier alpha value is -6.14. The maximum atomic E-state index is 14.0. The molecular formula is C36H14F8N4. The summed E-state index contributed by atoms with van der Waals surface area (Å²) in [6, 6.07) is 18.3. The van der Waals surface area contributed by atoms with E-state index in [1.165, 1.54) is 12.1 Å². The molecule has 0 spiro atoms. The summed E-state index contributed by atoms with van der Waals surface area (Å²) in [7, 11) is 0. The lowest BCUT2D eigenvalue weighted by atomic mass is 10.00. The fraction of sp³-hybridized carbons (Fsp3) is 0.0556. The minimum Gasteiger partial charge on any atom is -0.206 e. The van der Waals surface area contributed by atoms with E-state index < -0.39 is 35.1 Å². The molecule has 0 aromatic heterocycles. The number of hydrogen-bond donors (Lipinski definition) is 0. The zero-order valence-corrected chi connectivity index (χ0v) is 23.9. The van der Waals surface area contributed by atoms with Crippen LogP contribution in [0.25, 0.3) is 65.3 Å². The lowest BCUT2D eigenvalue weighted by molar-refractivity contribution is -0.140. The molecule has 7 aromatic carbocycles. The summed E-state index contributed by atoms with van der Waals surface area (Å²) >= 11 is 0. The van der Waals surface area contributed by atoms with Crippen LogP contribution in [0.3, 0.4) is 0 Å². The summed E-state index contributed by atoms with van der Waals surface area (Å²) in [6.07, 6.45) is -6.29. The number of nitrogens with zero attached hydrogens (tertiary/aromatic N) is 4. The van der Waals surface area contributed by atoms with Crippen LogP contribution in [-0.4, -0.2) is 0 Å². The first-order chi connectivity index (χ1) is 22.8. The molecule has 0 amide bonds. The van der Waals surface area contributed by atoms with Crippen molar-refractivity contribution in [1.82, 2.24) is 0 Å². The maximum absolute atomic E-state index is 14.0. The minimum absolute atomic E-state index is 0.0953. The van der Waals surface area contributed by atoms with E-state index in [9.17, 15) is 45.6 Å². The third-order valence-electron chi connectivity index (χ3n) is 8.33. The highest BCUT2D eigenvalue weighted by molar-refractivity contribution is 6.21. The van der Waals surface area contributed by atoms with Crippen molar-refractivity contribution >= 4 is 43.1 Å². The topological polar surface area (TPSA) is 72.3 Å². The fourth-order valence-corrected chi connectivity index (χ4v) is 6.22. The molecule has 4 nitrogen and oxygen atoms in total. The van der Waals surface area contributed by atoms with Crippen molar-refractivity contribution in [3.63, 3.8) is 0 Å². The SMILES string of the molecule is N#C/N=c1\c2cc(-c3ccc(F)c(C(F)(F)F)c3)ccc2c2cc3/c(=N/C#N)c4cc(-c5ccc(F)c(C(F)(F)F)c5)ccc4c3cc12. The molecule has 0 aliphatic carbocycles. The van der Waals surface area contributed by atoms with Gasteiger partial charge in [-0.05, 0) is 92.3 Å². The molecular weight excluding hydrogens is 640 g/mol. The number of rotatable bonds is 2. The molecule has 48 heavy (non-hydrogen) atoms. The normalized spacial score (nSPS) is 13.2. The van der Waals surface area contributed by atoms with Crippen molar-refractivity contribution in [2.45, 2.75) is 12.4 Å². The van der Waals surface area contributed by atoms with Gasteiger partial charge < -0.3 is 0 Å². The number of alkyl halides is 6. The number of hydrogen-bond acceptors (Lipinski definition) is 4. The molecule has 7 aromatic rings. The van der Waals surface area contributed by atoms with Crippen molar-refractivity contribution in [3.05, 3.63) is 118 Å². The van der Waals surface area contributed by atoms with Crippen LogP contribution in [0.5, 0.6) is 0 Å². The van der Waals surface area contributed by atoms with Crippen molar-refractivity contribution < 1.29 is 35.1 Å². The molecule has 0 N–H and O–H groups in total. The van der Waals surface area contributed by atoms with Gasteiger partial charge in [-0.1, -0.05) is 36.4 Å². The summed E-state index contributed by atoms with van der Waals surface area (Å²) in [4.78, 5) is 8.03. The molecule has 0 heterocycles. The minimum atomic E-state index is -4.91. The van der Waals surface area contributed by atoms with E-state index in [2.05, 4.69) is 9.98 Å². The molecule has 7 rings (SSSR count). The zero-order chi connectivity index (χ0) is 34.1. The highest BCUT2D eigenvalue weighted by atomic mass is 19.4. The van der Waals surface area contributed by atoms with Crippen LogP contribution in [0.4, 0.5) is 35.1 Å². The van der Waals surface area contributed by atoms with Gasteiger partial charge in [0.2, 0.25) is 12.4 Å². The Morgan fingerprint density at radius 1 is 0.417 bits per heavy atom. The number of fused-ring (bicyclic) bond motifs is 6. The van der Waals surface area contributed by atoms with Crippen molar-refractivity contribution in [2.75, 3.05) is 0 Å². The van der Waals surface area contributed by atoms with Gasteiger partial charge in [0.15, 0.2) is 0 Å². The van der Waals surface area contributed by atoms with Crippen LogP contribution in [-0.2, 0) is 12.4 Å². The highest BCUT2D eigenvalue weighted by Crippen LogP contribution is 2.39. The van der Waals surface area contributed by atoms with Crippen molar-refractivity contribution in [1.29, 1.82) is 10.5 Å². The Morgan fingerprint density at radius 2 is 0.750 bits per heavy atom. The molecule has 0 unspecified atom stereocenters. The summed E-state index contributed by atoms with van der Waals surface area (Å²) < 4.78 is 108. The quantitative estimate of drug-likeness (QED) is 0.138. The van der Waals surface area contributed by atoms with Gasteiger partial charge in [0, 0.05) is 21.5 Å². The van der Waals surface area contributed by atoms with Crippen molar-refractivity contribution in [3.8, 4) is 34.6 Å². The highest BCUT2D eigenvalue weighted by Gasteiger charge is 2.35. The van der Waals surface area contributed by atoms with Gasteiger partial charge in [0.1, 0.15) is 11.6 Å². The molecule has 0 aliphatic heterocycles.